The van der Waals surface area contributed by atoms with Crippen molar-refractivity contribution < 1.29 is 4.79 Å². The Hall–Kier alpha value is -1.06. The highest BCUT2D eigenvalue weighted by Crippen LogP contribution is 2.36. The van der Waals surface area contributed by atoms with Crippen LogP contribution in [0.1, 0.15) is 18.5 Å². The predicted octanol–water partition coefficient (Wildman–Crippen LogP) is 1.97. The van der Waals surface area contributed by atoms with Crippen molar-refractivity contribution in [1.82, 2.24) is 5.32 Å². The molecule has 1 aromatic carbocycles. The summed E-state index contributed by atoms with van der Waals surface area (Å²) in [4.78, 5) is 13.7. The zero-order valence-electron chi connectivity index (χ0n) is 8.75. The van der Waals surface area contributed by atoms with Gasteiger partial charge in [0.25, 0.3) is 0 Å². The Balaban J connectivity index is 2.53. The predicted molar refractivity (Wildman–Crippen MR) is 61.3 cm³/mol. The number of nitrogens with one attached hydrogen (secondary N) is 1. The number of amides is 1. The Morgan fingerprint density at radius 2 is 2.27 bits per heavy atom. The number of hydrogen-bond donors (Lipinski definition) is 1. The molecule has 0 radical (unpaired) electrons. The fourth-order valence-corrected chi connectivity index (χ4v) is 2.20. The molecule has 2 rings (SSSR count). The van der Waals surface area contributed by atoms with E-state index in [1.807, 2.05) is 25.1 Å². The Morgan fingerprint density at radius 3 is 2.87 bits per heavy atom. The summed E-state index contributed by atoms with van der Waals surface area (Å²) < 4.78 is 0. The molecule has 3 nitrogen and oxygen atoms in total. The molecule has 1 heterocycles. The molecular formula is C11H13ClN2O. The molecule has 1 aliphatic rings. The number of nitrogens with zero attached hydrogens (tertiary/aromatic N) is 1. The molecule has 0 fully saturated rings. The van der Waals surface area contributed by atoms with Gasteiger partial charge >= 0.3 is 0 Å². The first-order valence-corrected chi connectivity index (χ1v) is 5.35. The molecule has 1 aromatic rings. The number of anilines is 1. The van der Waals surface area contributed by atoms with Gasteiger partial charge in [-0.2, -0.15) is 0 Å². The summed E-state index contributed by atoms with van der Waals surface area (Å²) in [6.45, 7) is 2.65. The van der Waals surface area contributed by atoms with Crippen molar-refractivity contribution >= 4 is 23.2 Å². The van der Waals surface area contributed by atoms with Crippen LogP contribution in [-0.2, 0) is 4.79 Å². The van der Waals surface area contributed by atoms with Crippen molar-refractivity contribution in [3.05, 3.63) is 28.8 Å². The molecule has 0 aliphatic carbocycles. The van der Waals surface area contributed by atoms with E-state index < -0.39 is 0 Å². The van der Waals surface area contributed by atoms with E-state index in [2.05, 4.69) is 5.32 Å². The molecular weight excluding hydrogens is 212 g/mol. The molecule has 1 unspecified atom stereocenters. The maximum atomic E-state index is 12.0. The van der Waals surface area contributed by atoms with Crippen molar-refractivity contribution in [2.24, 2.45) is 0 Å². The maximum Gasteiger partial charge on any atom is 0.248 e. The first-order chi connectivity index (χ1) is 7.19. The summed E-state index contributed by atoms with van der Waals surface area (Å²) >= 11 is 5.93. The fraction of sp³-hybridized carbons (Fsp3) is 0.364. The third-order valence-corrected chi connectivity index (χ3v) is 2.94. The summed E-state index contributed by atoms with van der Waals surface area (Å²) in [5, 5.41) is 3.68. The molecule has 0 bridgehead atoms. The van der Waals surface area contributed by atoms with Gasteiger partial charge in [0.05, 0.1) is 0 Å². The van der Waals surface area contributed by atoms with E-state index >= 15 is 0 Å². The standard InChI is InChI=1S/C11H13ClN2O/c1-3-14-9-5-4-7(12)6-8(9)10(13-2)11(14)15/h4-6,10,13H,3H2,1-2H3. The van der Waals surface area contributed by atoms with Crippen LogP contribution >= 0.6 is 11.6 Å². The number of carbonyl (C=O) groups excluding carboxylic acids is 1. The van der Waals surface area contributed by atoms with Crippen LogP contribution in [0.3, 0.4) is 0 Å². The normalized spacial score (nSPS) is 19.5. The van der Waals surface area contributed by atoms with Crippen molar-refractivity contribution in [2.75, 3.05) is 18.5 Å². The zero-order chi connectivity index (χ0) is 11.0. The molecule has 1 N–H and O–H groups in total. The minimum atomic E-state index is -0.251. The van der Waals surface area contributed by atoms with Crippen LogP contribution in [0.5, 0.6) is 0 Å². The van der Waals surface area contributed by atoms with Crippen LogP contribution in [0, 0.1) is 0 Å². The smallest absolute Gasteiger partial charge is 0.248 e. The van der Waals surface area contributed by atoms with Gasteiger partial charge in [-0.05, 0) is 32.2 Å². The summed E-state index contributed by atoms with van der Waals surface area (Å²) in [5.74, 6) is 0.0947. The summed E-state index contributed by atoms with van der Waals surface area (Å²) in [7, 11) is 1.78. The van der Waals surface area contributed by atoms with Gasteiger partial charge < -0.3 is 10.2 Å². The molecule has 80 valence electrons. The molecule has 1 amide bonds. The maximum absolute atomic E-state index is 12.0. The van der Waals surface area contributed by atoms with Gasteiger partial charge in [-0.25, -0.2) is 0 Å². The first kappa shape index (κ1) is 10.5. The quantitative estimate of drug-likeness (QED) is 0.833. The van der Waals surface area contributed by atoms with Crippen LogP contribution in [-0.4, -0.2) is 19.5 Å². The summed E-state index contributed by atoms with van der Waals surface area (Å²) in [6.07, 6.45) is 0. The molecule has 0 spiro atoms. The average molecular weight is 225 g/mol. The molecule has 1 aliphatic heterocycles. The number of hydrogen-bond acceptors (Lipinski definition) is 2. The number of carbonyl (C=O) groups is 1. The highest BCUT2D eigenvalue weighted by atomic mass is 35.5. The molecule has 1 atom stereocenters. The van der Waals surface area contributed by atoms with Gasteiger partial charge in [-0.1, -0.05) is 11.6 Å². The van der Waals surface area contributed by atoms with E-state index in [1.54, 1.807) is 11.9 Å². The van der Waals surface area contributed by atoms with Gasteiger partial charge in [-0.3, -0.25) is 4.79 Å². The fourth-order valence-electron chi connectivity index (χ4n) is 2.02. The van der Waals surface area contributed by atoms with Crippen molar-refractivity contribution in [2.45, 2.75) is 13.0 Å². The van der Waals surface area contributed by atoms with E-state index in [0.29, 0.717) is 11.6 Å². The molecule has 0 saturated carbocycles. The Morgan fingerprint density at radius 1 is 1.53 bits per heavy atom. The topological polar surface area (TPSA) is 32.3 Å². The minimum Gasteiger partial charge on any atom is -0.311 e. The second-order valence-corrected chi connectivity index (χ2v) is 3.94. The Bertz CT molecular complexity index is 406. The van der Waals surface area contributed by atoms with Gasteiger partial charge in [0.15, 0.2) is 0 Å². The number of halogens is 1. The lowest BCUT2D eigenvalue weighted by Crippen LogP contribution is -2.32. The number of benzene rings is 1. The summed E-state index contributed by atoms with van der Waals surface area (Å²) in [5.41, 5.74) is 1.93. The van der Waals surface area contributed by atoms with Crippen LogP contribution in [0.4, 0.5) is 5.69 Å². The average Bonchev–Trinajstić information content (AvgIpc) is 2.48. The summed E-state index contributed by atoms with van der Waals surface area (Å²) in [6, 6.07) is 5.31. The first-order valence-electron chi connectivity index (χ1n) is 4.97. The Kier molecular flexibility index (Phi) is 2.67. The zero-order valence-corrected chi connectivity index (χ0v) is 9.51. The van der Waals surface area contributed by atoms with Gasteiger partial charge in [-0.15, -0.1) is 0 Å². The largest absolute Gasteiger partial charge is 0.311 e. The third kappa shape index (κ3) is 1.52. The van der Waals surface area contributed by atoms with E-state index in [-0.39, 0.29) is 11.9 Å². The second kappa shape index (κ2) is 3.83. The van der Waals surface area contributed by atoms with E-state index in [1.165, 1.54) is 0 Å². The van der Waals surface area contributed by atoms with E-state index in [4.69, 9.17) is 11.6 Å². The number of fused-ring (bicyclic) bond motifs is 1. The minimum absolute atomic E-state index is 0.0947. The van der Waals surface area contributed by atoms with Crippen LogP contribution in [0.25, 0.3) is 0 Å². The van der Waals surface area contributed by atoms with Crippen molar-refractivity contribution in [1.29, 1.82) is 0 Å². The molecule has 0 saturated heterocycles. The third-order valence-electron chi connectivity index (χ3n) is 2.71. The molecule has 4 heteroatoms. The molecule has 0 aromatic heterocycles. The van der Waals surface area contributed by atoms with Crippen molar-refractivity contribution in [3.63, 3.8) is 0 Å². The van der Waals surface area contributed by atoms with Crippen molar-refractivity contribution in [3.8, 4) is 0 Å². The highest BCUT2D eigenvalue weighted by Gasteiger charge is 2.35. The van der Waals surface area contributed by atoms with E-state index in [0.717, 1.165) is 11.3 Å². The van der Waals surface area contributed by atoms with E-state index in [9.17, 15) is 4.79 Å². The van der Waals surface area contributed by atoms with Gasteiger partial charge in [0, 0.05) is 22.8 Å². The number of rotatable bonds is 2. The van der Waals surface area contributed by atoms with Gasteiger partial charge in [0.1, 0.15) is 6.04 Å². The SMILES string of the molecule is CCN1C(=O)C(NC)c2cc(Cl)ccc21. The highest BCUT2D eigenvalue weighted by molar-refractivity contribution is 6.31. The van der Waals surface area contributed by atoms with Crippen LogP contribution < -0.4 is 10.2 Å². The monoisotopic (exact) mass is 224 g/mol. The lowest BCUT2D eigenvalue weighted by molar-refractivity contribution is -0.119. The Labute approximate surface area is 94.0 Å². The van der Waals surface area contributed by atoms with Gasteiger partial charge in [0.2, 0.25) is 5.91 Å². The molecule has 15 heavy (non-hydrogen) atoms. The van der Waals surface area contributed by atoms with Crippen LogP contribution in [0.2, 0.25) is 5.02 Å². The van der Waals surface area contributed by atoms with Crippen LogP contribution in [0.15, 0.2) is 18.2 Å². The second-order valence-electron chi connectivity index (χ2n) is 3.51. The number of likely N-dealkylation sites (N-methyl/N-ethyl adjacent to an activating group) is 2. The lowest BCUT2D eigenvalue weighted by atomic mass is 10.1. The lowest BCUT2D eigenvalue weighted by Gasteiger charge is -2.14.